The van der Waals surface area contributed by atoms with Gasteiger partial charge in [-0.1, -0.05) is 5.16 Å². The van der Waals surface area contributed by atoms with E-state index >= 15 is 0 Å². The molecule has 1 aliphatic heterocycles. The minimum Gasteiger partial charge on any atom is -0.361 e. The van der Waals surface area contributed by atoms with Gasteiger partial charge >= 0.3 is 12.4 Å². The summed E-state index contributed by atoms with van der Waals surface area (Å²) in [4.78, 5) is 0.875. The highest BCUT2D eigenvalue weighted by molar-refractivity contribution is 7.89. The zero-order valence-electron chi connectivity index (χ0n) is 16.5. The van der Waals surface area contributed by atoms with Crippen molar-refractivity contribution in [3.63, 3.8) is 0 Å². The molecule has 0 unspecified atom stereocenters. The second-order valence-corrected chi connectivity index (χ2v) is 9.16. The third-order valence-electron chi connectivity index (χ3n) is 5.09. The zero-order valence-corrected chi connectivity index (χ0v) is 17.3. The van der Waals surface area contributed by atoms with Gasteiger partial charge in [0.2, 0.25) is 10.0 Å². The molecule has 0 bridgehead atoms. The lowest BCUT2D eigenvalue weighted by Gasteiger charge is -2.34. The fourth-order valence-corrected chi connectivity index (χ4v) is 4.80. The van der Waals surface area contributed by atoms with E-state index in [0.717, 1.165) is 9.87 Å². The van der Waals surface area contributed by atoms with Crippen molar-refractivity contribution in [1.29, 1.82) is 0 Å². The molecular formula is C18H19F6N3O3S. The van der Waals surface area contributed by atoms with Crippen LogP contribution in [0.2, 0.25) is 0 Å². The largest absolute Gasteiger partial charge is 0.416 e. The van der Waals surface area contributed by atoms with Gasteiger partial charge in [-0.15, -0.1) is 0 Å². The molecule has 1 aliphatic rings. The summed E-state index contributed by atoms with van der Waals surface area (Å²) in [5.41, 5.74) is -1.80. The summed E-state index contributed by atoms with van der Waals surface area (Å²) in [5.74, 6) is 0.621. The van der Waals surface area contributed by atoms with Crippen LogP contribution in [0.15, 0.2) is 27.6 Å². The standard InChI is InChI=1S/C18H19F6N3O3S/c1-11-16(12(2)30-25-11)10-26-3-5-27(6-4-26)31(28,29)15-8-13(17(19,20)21)7-14(9-15)18(22,23)24/h7-9H,3-6,10H2,1-2H3. The SMILES string of the molecule is Cc1noc(C)c1CN1CCN(S(=O)(=O)c2cc(C(F)(F)F)cc(C(F)(F)F)c2)CC1. The van der Waals surface area contributed by atoms with E-state index in [1.165, 1.54) is 0 Å². The van der Waals surface area contributed by atoms with Gasteiger partial charge in [-0.25, -0.2) is 8.42 Å². The molecule has 2 aromatic rings. The fraction of sp³-hybridized carbons (Fsp3) is 0.500. The molecule has 0 saturated carbocycles. The van der Waals surface area contributed by atoms with E-state index in [-0.39, 0.29) is 44.4 Å². The highest BCUT2D eigenvalue weighted by Crippen LogP contribution is 2.37. The number of piperazine rings is 1. The Morgan fingerprint density at radius 1 is 0.935 bits per heavy atom. The molecule has 1 aromatic heterocycles. The lowest BCUT2D eigenvalue weighted by atomic mass is 10.1. The monoisotopic (exact) mass is 471 g/mol. The van der Waals surface area contributed by atoms with Crippen molar-refractivity contribution < 1.29 is 39.3 Å². The van der Waals surface area contributed by atoms with Crippen LogP contribution in [0, 0.1) is 13.8 Å². The summed E-state index contributed by atoms with van der Waals surface area (Å²) in [6, 6.07) is 0.377. The third-order valence-corrected chi connectivity index (χ3v) is 6.97. The van der Waals surface area contributed by atoms with Gasteiger partial charge in [-0.3, -0.25) is 4.90 Å². The van der Waals surface area contributed by atoms with E-state index in [9.17, 15) is 34.8 Å². The first-order chi connectivity index (χ1) is 14.2. The van der Waals surface area contributed by atoms with Crippen LogP contribution >= 0.6 is 0 Å². The molecule has 0 amide bonds. The predicted molar refractivity (Wildman–Crippen MR) is 96.5 cm³/mol. The number of hydrogen-bond donors (Lipinski definition) is 0. The summed E-state index contributed by atoms with van der Waals surface area (Å²) < 4.78 is 110. The van der Waals surface area contributed by atoms with Crippen LogP contribution in [-0.2, 0) is 28.9 Å². The highest BCUT2D eigenvalue weighted by atomic mass is 32.2. The molecule has 0 N–H and O–H groups in total. The van der Waals surface area contributed by atoms with Crippen LogP contribution in [0.5, 0.6) is 0 Å². The average molecular weight is 471 g/mol. The lowest BCUT2D eigenvalue weighted by Crippen LogP contribution is -2.48. The Bertz CT molecular complexity index is 1000. The number of hydrogen-bond acceptors (Lipinski definition) is 5. The first-order valence-electron chi connectivity index (χ1n) is 9.13. The minimum absolute atomic E-state index is 0.0801. The smallest absolute Gasteiger partial charge is 0.361 e. The van der Waals surface area contributed by atoms with Gasteiger partial charge in [0.15, 0.2) is 0 Å². The van der Waals surface area contributed by atoms with Crippen LogP contribution in [-0.4, -0.2) is 49.0 Å². The van der Waals surface area contributed by atoms with Crippen molar-refractivity contribution in [2.45, 2.75) is 37.6 Å². The fourth-order valence-electron chi connectivity index (χ4n) is 3.30. The molecule has 1 aromatic carbocycles. The van der Waals surface area contributed by atoms with Crippen LogP contribution in [0.1, 0.15) is 28.1 Å². The molecule has 0 spiro atoms. The summed E-state index contributed by atoms with van der Waals surface area (Å²) >= 11 is 0. The molecule has 0 atom stereocenters. The van der Waals surface area contributed by atoms with Gasteiger partial charge in [0, 0.05) is 38.3 Å². The summed E-state index contributed by atoms with van der Waals surface area (Å²) in [6.45, 7) is 4.27. The maximum Gasteiger partial charge on any atom is 0.416 e. The topological polar surface area (TPSA) is 66.7 Å². The Morgan fingerprint density at radius 3 is 1.87 bits per heavy atom. The Labute approximate surface area is 174 Å². The Kier molecular flexibility index (Phi) is 6.15. The zero-order chi connectivity index (χ0) is 23.2. The van der Waals surface area contributed by atoms with Gasteiger partial charge in [0.1, 0.15) is 5.76 Å². The number of benzene rings is 1. The van der Waals surface area contributed by atoms with E-state index in [4.69, 9.17) is 4.52 Å². The van der Waals surface area contributed by atoms with Gasteiger partial charge in [0.25, 0.3) is 0 Å². The number of sulfonamides is 1. The van der Waals surface area contributed by atoms with Crippen LogP contribution in [0.4, 0.5) is 26.3 Å². The first kappa shape index (κ1) is 23.5. The quantitative estimate of drug-likeness (QED) is 0.635. The number of alkyl halides is 6. The van der Waals surface area contributed by atoms with Crippen molar-refractivity contribution in [3.8, 4) is 0 Å². The lowest BCUT2D eigenvalue weighted by molar-refractivity contribution is -0.143. The first-order valence-corrected chi connectivity index (χ1v) is 10.6. The van der Waals surface area contributed by atoms with Crippen LogP contribution in [0.25, 0.3) is 0 Å². The average Bonchev–Trinajstić information content (AvgIpc) is 2.99. The molecular weight excluding hydrogens is 452 g/mol. The third kappa shape index (κ3) is 5.04. The maximum absolute atomic E-state index is 13.1. The molecule has 6 nitrogen and oxygen atoms in total. The summed E-state index contributed by atoms with van der Waals surface area (Å²) in [7, 11) is -4.55. The number of aromatic nitrogens is 1. The summed E-state index contributed by atoms with van der Waals surface area (Å²) in [6.07, 6.45) is -10.3. The highest BCUT2D eigenvalue weighted by Gasteiger charge is 2.39. The van der Waals surface area contributed by atoms with Gasteiger partial charge < -0.3 is 4.52 Å². The van der Waals surface area contributed by atoms with Crippen molar-refractivity contribution >= 4 is 10.0 Å². The normalized spacial score (nSPS) is 17.3. The van der Waals surface area contributed by atoms with E-state index in [0.29, 0.717) is 18.0 Å². The van der Waals surface area contributed by atoms with Crippen LogP contribution < -0.4 is 0 Å². The van der Waals surface area contributed by atoms with Crippen molar-refractivity contribution in [2.24, 2.45) is 0 Å². The minimum atomic E-state index is -5.13. The molecule has 172 valence electrons. The second kappa shape index (κ2) is 8.10. The Morgan fingerprint density at radius 2 is 1.45 bits per heavy atom. The second-order valence-electron chi connectivity index (χ2n) is 7.22. The molecule has 1 saturated heterocycles. The predicted octanol–water partition coefficient (Wildman–Crippen LogP) is 3.84. The number of aryl methyl sites for hydroxylation is 2. The van der Waals surface area contributed by atoms with Crippen molar-refractivity contribution in [3.05, 3.63) is 46.3 Å². The Hall–Kier alpha value is -2.12. The molecule has 0 aliphatic carbocycles. The van der Waals surface area contributed by atoms with Gasteiger partial charge in [-0.05, 0) is 32.0 Å². The Balaban J connectivity index is 1.82. The van der Waals surface area contributed by atoms with E-state index in [1.54, 1.807) is 13.8 Å². The molecule has 13 heteroatoms. The summed E-state index contributed by atoms with van der Waals surface area (Å²) in [5, 5.41) is 3.84. The molecule has 2 heterocycles. The molecule has 1 fully saturated rings. The number of nitrogens with zero attached hydrogens (tertiary/aromatic N) is 3. The van der Waals surface area contributed by atoms with E-state index < -0.39 is 38.4 Å². The van der Waals surface area contributed by atoms with Gasteiger partial charge in [0.05, 0.1) is 21.7 Å². The van der Waals surface area contributed by atoms with E-state index in [2.05, 4.69) is 5.16 Å². The van der Waals surface area contributed by atoms with Crippen molar-refractivity contribution in [1.82, 2.24) is 14.4 Å². The number of rotatable bonds is 4. The molecule has 3 rings (SSSR count). The molecule has 0 radical (unpaired) electrons. The van der Waals surface area contributed by atoms with Gasteiger partial charge in [-0.2, -0.15) is 30.6 Å². The molecule has 31 heavy (non-hydrogen) atoms. The maximum atomic E-state index is 13.1. The van der Waals surface area contributed by atoms with E-state index in [1.807, 2.05) is 4.90 Å². The van der Waals surface area contributed by atoms with Crippen molar-refractivity contribution in [2.75, 3.05) is 26.2 Å². The number of halogens is 6. The van der Waals surface area contributed by atoms with Crippen LogP contribution in [0.3, 0.4) is 0 Å².